The van der Waals surface area contributed by atoms with Crippen molar-refractivity contribution in [2.45, 2.75) is 88.3 Å². The molecule has 0 radical (unpaired) electrons. The van der Waals surface area contributed by atoms with Crippen LogP contribution in [-0.2, 0) is 10.0 Å². The number of hydrogen-bond acceptors (Lipinski definition) is 3. The van der Waals surface area contributed by atoms with Crippen LogP contribution in [0.25, 0.3) is 0 Å². The molecule has 0 aliphatic heterocycles. The van der Waals surface area contributed by atoms with Gasteiger partial charge in [-0.25, -0.2) is 8.42 Å². The summed E-state index contributed by atoms with van der Waals surface area (Å²) in [7, 11) is -3.20. The van der Waals surface area contributed by atoms with Gasteiger partial charge in [0.25, 0.3) is 0 Å². The highest BCUT2D eigenvalue weighted by atomic mass is 32.2. The van der Waals surface area contributed by atoms with Crippen LogP contribution in [0.3, 0.4) is 0 Å². The maximum absolute atomic E-state index is 13.2. The van der Waals surface area contributed by atoms with Gasteiger partial charge in [0.05, 0.1) is 5.25 Å². The van der Waals surface area contributed by atoms with E-state index < -0.39 is 10.0 Å². The third kappa shape index (κ3) is 3.62. The average Bonchev–Trinajstić information content (AvgIpc) is 2.92. The SMILES string of the molecule is CCCN(C1(CN)CCCCCC1)S(=O)(=O)C1CCCC1. The zero-order chi connectivity index (χ0) is 15.3. The maximum atomic E-state index is 13.2. The Labute approximate surface area is 130 Å². The zero-order valence-electron chi connectivity index (χ0n) is 13.5. The lowest BCUT2D eigenvalue weighted by atomic mass is 9.90. The van der Waals surface area contributed by atoms with Crippen molar-refractivity contribution in [2.24, 2.45) is 5.73 Å². The molecule has 0 atom stereocenters. The van der Waals surface area contributed by atoms with Gasteiger partial charge in [-0.2, -0.15) is 4.31 Å². The fourth-order valence-corrected chi connectivity index (χ4v) is 6.67. The third-order valence-electron chi connectivity index (χ3n) is 5.40. The molecule has 2 fully saturated rings. The molecule has 2 N–H and O–H groups in total. The maximum Gasteiger partial charge on any atom is 0.217 e. The topological polar surface area (TPSA) is 63.4 Å². The zero-order valence-corrected chi connectivity index (χ0v) is 14.3. The Morgan fingerprint density at radius 3 is 2.10 bits per heavy atom. The average molecular weight is 317 g/mol. The summed E-state index contributed by atoms with van der Waals surface area (Å²) in [5, 5.41) is -0.157. The first-order valence-corrected chi connectivity index (χ1v) is 10.3. The standard InChI is InChI=1S/C16H32N2O2S/c1-2-13-18(21(19,20)15-9-5-6-10-15)16(14-17)11-7-3-4-8-12-16/h15H,2-14,17H2,1H3. The Morgan fingerprint density at radius 1 is 1.05 bits per heavy atom. The Bertz CT molecular complexity index is 408. The highest BCUT2D eigenvalue weighted by Gasteiger charge is 2.45. The smallest absolute Gasteiger partial charge is 0.217 e. The van der Waals surface area contributed by atoms with E-state index in [1.165, 1.54) is 12.8 Å². The van der Waals surface area contributed by atoms with Crippen LogP contribution >= 0.6 is 0 Å². The predicted octanol–water partition coefficient (Wildman–Crippen LogP) is 3.02. The van der Waals surface area contributed by atoms with Crippen LogP contribution in [0, 0.1) is 0 Å². The van der Waals surface area contributed by atoms with E-state index >= 15 is 0 Å². The summed E-state index contributed by atoms with van der Waals surface area (Å²) in [6, 6.07) is 0. The molecule has 2 aliphatic carbocycles. The second-order valence-electron chi connectivity index (χ2n) is 6.87. The van der Waals surface area contributed by atoms with Gasteiger partial charge in [-0.1, -0.05) is 45.4 Å². The van der Waals surface area contributed by atoms with E-state index in [-0.39, 0.29) is 10.8 Å². The van der Waals surface area contributed by atoms with E-state index in [1.807, 2.05) is 4.31 Å². The minimum atomic E-state index is -3.20. The van der Waals surface area contributed by atoms with Gasteiger partial charge in [0.15, 0.2) is 0 Å². The Hall–Kier alpha value is -0.130. The lowest BCUT2D eigenvalue weighted by Crippen LogP contribution is -2.58. The van der Waals surface area contributed by atoms with Crippen molar-refractivity contribution < 1.29 is 8.42 Å². The summed E-state index contributed by atoms with van der Waals surface area (Å²) >= 11 is 0. The van der Waals surface area contributed by atoms with Gasteiger partial charge in [-0.05, 0) is 32.1 Å². The van der Waals surface area contributed by atoms with Crippen LogP contribution in [0.2, 0.25) is 0 Å². The lowest BCUT2D eigenvalue weighted by Gasteiger charge is -2.43. The van der Waals surface area contributed by atoms with Gasteiger partial charge in [0.2, 0.25) is 10.0 Å². The van der Waals surface area contributed by atoms with Crippen molar-refractivity contribution in [1.82, 2.24) is 4.31 Å². The predicted molar refractivity (Wildman–Crippen MR) is 87.7 cm³/mol. The van der Waals surface area contributed by atoms with E-state index in [0.717, 1.165) is 57.8 Å². The first-order chi connectivity index (χ1) is 10.1. The molecule has 21 heavy (non-hydrogen) atoms. The van der Waals surface area contributed by atoms with E-state index in [4.69, 9.17) is 5.73 Å². The summed E-state index contributed by atoms with van der Waals surface area (Å²) < 4.78 is 28.2. The number of rotatable bonds is 6. The van der Waals surface area contributed by atoms with Crippen molar-refractivity contribution in [3.63, 3.8) is 0 Å². The van der Waals surface area contributed by atoms with Crippen LogP contribution in [0.1, 0.15) is 77.6 Å². The van der Waals surface area contributed by atoms with Crippen LogP contribution < -0.4 is 5.73 Å². The van der Waals surface area contributed by atoms with Gasteiger partial charge in [0, 0.05) is 18.6 Å². The molecule has 0 bridgehead atoms. The quantitative estimate of drug-likeness (QED) is 0.766. The first kappa shape index (κ1) is 17.2. The molecule has 0 unspecified atom stereocenters. The fourth-order valence-electron chi connectivity index (χ4n) is 4.15. The van der Waals surface area contributed by atoms with E-state index in [2.05, 4.69) is 6.92 Å². The number of sulfonamides is 1. The van der Waals surface area contributed by atoms with Gasteiger partial charge >= 0.3 is 0 Å². The minimum Gasteiger partial charge on any atom is -0.329 e. The Morgan fingerprint density at radius 2 is 1.62 bits per heavy atom. The van der Waals surface area contributed by atoms with E-state index in [1.54, 1.807) is 0 Å². The molecule has 0 heterocycles. The van der Waals surface area contributed by atoms with Gasteiger partial charge in [-0.3, -0.25) is 0 Å². The number of nitrogens with zero attached hydrogens (tertiary/aromatic N) is 1. The van der Waals surface area contributed by atoms with Gasteiger partial charge in [0.1, 0.15) is 0 Å². The summed E-state index contributed by atoms with van der Waals surface area (Å²) in [5.74, 6) is 0. The molecule has 0 spiro atoms. The van der Waals surface area contributed by atoms with Gasteiger partial charge < -0.3 is 5.73 Å². The van der Waals surface area contributed by atoms with Crippen molar-refractivity contribution in [3.8, 4) is 0 Å². The summed E-state index contributed by atoms with van der Waals surface area (Å²) in [6.07, 6.45) is 11.2. The van der Waals surface area contributed by atoms with E-state index in [9.17, 15) is 8.42 Å². The third-order valence-corrected chi connectivity index (χ3v) is 7.90. The molecule has 2 saturated carbocycles. The molecular weight excluding hydrogens is 284 g/mol. The number of hydrogen-bond donors (Lipinski definition) is 1. The normalized spacial score (nSPS) is 24.3. The summed E-state index contributed by atoms with van der Waals surface area (Å²) in [4.78, 5) is 0. The molecular formula is C16H32N2O2S. The molecule has 124 valence electrons. The highest BCUT2D eigenvalue weighted by Crippen LogP contribution is 2.37. The molecule has 0 saturated heterocycles. The molecule has 0 aromatic carbocycles. The van der Waals surface area contributed by atoms with Crippen LogP contribution in [0.4, 0.5) is 0 Å². The van der Waals surface area contributed by atoms with Crippen LogP contribution in [0.15, 0.2) is 0 Å². The monoisotopic (exact) mass is 316 g/mol. The second-order valence-corrected chi connectivity index (χ2v) is 9.00. The van der Waals surface area contributed by atoms with Crippen molar-refractivity contribution in [2.75, 3.05) is 13.1 Å². The van der Waals surface area contributed by atoms with Crippen molar-refractivity contribution in [3.05, 3.63) is 0 Å². The number of nitrogens with two attached hydrogens (primary N) is 1. The van der Waals surface area contributed by atoms with Crippen molar-refractivity contribution >= 4 is 10.0 Å². The molecule has 5 heteroatoms. The van der Waals surface area contributed by atoms with Crippen LogP contribution in [0.5, 0.6) is 0 Å². The van der Waals surface area contributed by atoms with Crippen LogP contribution in [-0.4, -0.2) is 36.6 Å². The molecule has 0 amide bonds. The second kappa shape index (κ2) is 7.42. The van der Waals surface area contributed by atoms with Gasteiger partial charge in [-0.15, -0.1) is 0 Å². The minimum absolute atomic E-state index is 0.157. The molecule has 4 nitrogen and oxygen atoms in total. The molecule has 2 aliphatic rings. The first-order valence-electron chi connectivity index (χ1n) is 8.78. The highest BCUT2D eigenvalue weighted by molar-refractivity contribution is 7.89. The lowest BCUT2D eigenvalue weighted by molar-refractivity contribution is 0.166. The Kier molecular flexibility index (Phi) is 6.09. The molecule has 2 rings (SSSR count). The van der Waals surface area contributed by atoms with E-state index in [0.29, 0.717) is 13.1 Å². The molecule has 0 aromatic heterocycles. The summed E-state index contributed by atoms with van der Waals surface area (Å²) in [5.41, 5.74) is 5.82. The van der Waals surface area contributed by atoms with Crippen molar-refractivity contribution in [1.29, 1.82) is 0 Å². The largest absolute Gasteiger partial charge is 0.329 e. The fraction of sp³-hybridized carbons (Fsp3) is 1.00. The Balaban J connectivity index is 2.30. The summed E-state index contributed by atoms with van der Waals surface area (Å²) in [6.45, 7) is 3.17. The molecule has 0 aromatic rings.